The fraction of sp³-hybridized carbons (Fsp3) is 0.733. The van der Waals surface area contributed by atoms with Crippen molar-refractivity contribution < 1.29 is 0 Å². The number of nitrogens with one attached hydrogen (secondary N) is 1. The maximum Gasteiger partial charge on any atom is 0.136 e. The number of anilines is 1. The molecule has 4 nitrogen and oxygen atoms in total. The van der Waals surface area contributed by atoms with Crippen LogP contribution in [0.25, 0.3) is 0 Å². The van der Waals surface area contributed by atoms with Crippen LogP contribution >= 0.6 is 0 Å². The summed E-state index contributed by atoms with van der Waals surface area (Å²) >= 11 is 0. The Balaban J connectivity index is 1.73. The van der Waals surface area contributed by atoms with Crippen LogP contribution in [-0.2, 0) is 13.0 Å². The molecule has 0 amide bonds. The fourth-order valence-corrected chi connectivity index (χ4v) is 3.43. The number of rotatable bonds is 3. The summed E-state index contributed by atoms with van der Waals surface area (Å²) in [6, 6.07) is 0. The van der Waals surface area contributed by atoms with Crippen LogP contribution in [0.5, 0.6) is 0 Å². The lowest BCUT2D eigenvalue weighted by Crippen LogP contribution is -2.32. The molecule has 19 heavy (non-hydrogen) atoms. The minimum Gasteiger partial charge on any atom is -0.359 e. The Hall–Kier alpha value is -1.16. The van der Waals surface area contributed by atoms with E-state index in [-0.39, 0.29) is 0 Å². The van der Waals surface area contributed by atoms with Crippen molar-refractivity contribution in [3.63, 3.8) is 0 Å². The summed E-state index contributed by atoms with van der Waals surface area (Å²) in [5, 5.41) is 3.43. The standard InChI is InChI=1S/C15H24N4/c1-19(10-12-5-3-2-4-6-12)15-13-9-16-8-7-14(13)17-11-18-15/h11-12,16H,2-10H2,1H3. The van der Waals surface area contributed by atoms with Gasteiger partial charge in [-0.3, -0.25) is 0 Å². The van der Waals surface area contributed by atoms with Crippen molar-refractivity contribution in [1.82, 2.24) is 15.3 Å². The van der Waals surface area contributed by atoms with E-state index in [9.17, 15) is 0 Å². The molecule has 0 radical (unpaired) electrons. The number of fused-ring (bicyclic) bond motifs is 1. The molecule has 0 spiro atoms. The molecule has 0 unspecified atom stereocenters. The van der Waals surface area contributed by atoms with Gasteiger partial charge >= 0.3 is 0 Å². The van der Waals surface area contributed by atoms with Gasteiger partial charge in [-0.25, -0.2) is 9.97 Å². The van der Waals surface area contributed by atoms with Crippen LogP contribution in [-0.4, -0.2) is 30.1 Å². The lowest BCUT2D eigenvalue weighted by Gasteiger charge is -2.30. The molecule has 1 fully saturated rings. The summed E-state index contributed by atoms with van der Waals surface area (Å²) in [5.41, 5.74) is 2.55. The van der Waals surface area contributed by atoms with E-state index in [1.807, 2.05) is 0 Å². The van der Waals surface area contributed by atoms with Crippen molar-refractivity contribution in [3.05, 3.63) is 17.6 Å². The molecule has 2 aliphatic rings. The first-order valence-corrected chi connectivity index (χ1v) is 7.59. The van der Waals surface area contributed by atoms with Crippen molar-refractivity contribution in [2.75, 3.05) is 25.0 Å². The van der Waals surface area contributed by atoms with Gasteiger partial charge in [0.15, 0.2) is 0 Å². The van der Waals surface area contributed by atoms with E-state index in [1.165, 1.54) is 43.4 Å². The van der Waals surface area contributed by atoms with E-state index < -0.39 is 0 Å². The average molecular weight is 260 g/mol. The third kappa shape index (κ3) is 2.89. The van der Waals surface area contributed by atoms with E-state index in [1.54, 1.807) is 6.33 Å². The van der Waals surface area contributed by atoms with E-state index in [4.69, 9.17) is 0 Å². The zero-order valence-electron chi connectivity index (χ0n) is 11.9. The Morgan fingerprint density at radius 2 is 2.11 bits per heavy atom. The molecular formula is C15H24N4. The Bertz CT molecular complexity index is 426. The van der Waals surface area contributed by atoms with Crippen LogP contribution in [0.1, 0.15) is 43.4 Å². The first-order chi connectivity index (χ1) is 9.34. The fourth-order valence-electron chi connectivity index (χ4n) is 3.43. The maximum atomic E-state index is 4.53. The van der Waals surface area contributed by atoms with Gasteiger partial charge in [-0.15, -0.1) is 0 Å². The Labute approximate surface area is 115 Å². The predicted octanol–water partition coefficient (Wildman–Crippen LogP) is 2.14. The van der Waals surface area contributed by atoms with Gasteiger partial charge in [0.1, 0.15) is 12.1 Å². The maximum absolute atomic E-state index is 4.53. The Morgan fingerprint density at radius 1 is 1.26 bits per heavy atom. The molecule has 1 aliphatic heterocycles. The van der Waals surface area contributed by atoms with Crippen LogP contribution < -0.4 is 10.2 Å². The number of aromatic nitrogens is 2. The molecule has 4 heteroatoms. The van der Waals surface area contributed by atoms with Gasteiger partial charge in [0, 0.05) is 38.7 Å². The summed E-state index contributed by atoms with van der Waals surface area (Å²) < 4.78 is 0. The molecule has 0 atom stereocenters. The summed E-state index contributed by atoms with van der Waals surface area (Å²) in [6.45, 7) is 3.10. The summed E-state index contributed by atoms with van der Waals surface area (Å²) in [7, 11) is 2.19. The minimum absolute atomic E-state index is 0.848. The van der Waals surface area contributed by atoms with Crippen molar-refractivity contribution in [3.8, 4) is 0 Å². The molecule has 0 aromatic carbocycles. The molecule has 1 aromatic rings. The van der Waals surface area contributed by atoms with E-state index in [0.29, 0.717) is 0 Å². The van der Waals surface area contributed by atoms with Gasteiger partial charge in [0.25, 0.3) is 0 Å². The third-order valence-corrected chi connectivity index (χ3v) is 4.47. The summed E-state index contributed by atoms with van der Waals surface area (Å²) in [5.74, 6) is 1.99. The molecule has 1 aliphatic carbocycles. The van der Waals surface area contributed by atoms with E-state index in [0.717, 1.165) is 37.8 Å². The molecule has 1 N–H and O–H groups in total. The van der Waals surface area contributed by atoms with Crippen LogP contribution in [0.2, 0.25) is 0 Å². The van der Waals surface area contributed by atoms with Crippen molar-refractivity contribution in [2.24, 2.45) is 5.92 Å². The quantitative estimate of drug-likeness (QED) is 0.904. The lowest BCUT2D eigenvalue weighted by atomic mass is 9.89. The van der Waals surface area contributed by atoms with Crippen LogP contribution in [0.3, 0.4) is 0 Å². The van der Waals surface area contributed by atoms with Gasteiger partial charge in [0.2, 0.25) is 0 Å². The highest BCUT2D eigenvalue weighted by Gasteiger charge is 2.20. The highest BCUT2D eigenvalue weighted by atomic mass is 15.2. The predicted molar refractivity (Wildman–Crippen MR) is 77.3 cm³/mol. The molecular weight excluding hydrogens is 236 g/mol. The Morgan fingerprint density at radius 3 is 2.95 bits per heavy atom. The lowest BCUT2D eigenvalue weighted by molar-refractivity contribution is 0.361. The smallest absolute Gasteiger partial charge is 0.136 e. The minimum atomic E-state index is 0.848. The second kappa shape index (κ2) is 5.87. The average Bonchev–Trinajstić information content (AvgIpc) is 2.47. The monoisotopic (exact) mass is 260 g/mol. The summed E-state index contributed by atoms with van der Waals surface area (Å²) in [4.78, 5) is 11.3. The van der Waals surface area contributed by atoms with Gasteiger partial charge in [-0.1, -0.05) is 19.3 Å². The zero-order valence-corrected chi connectivity index (χ0v) is 11.9. The third-order valence-electron chi connectivity index (χ3n) is 4.47. The molecule has 0 bridgehead atoms. The zero-order chi connectivity index (χ0) is 13.1. The van der Waals surface area contributed by atoms with Gasteiger partial charge in [-0.2, -0.15) is 0 Å². The van der Waals surface area contributed by atoms with Gasteiger partial charge < -0.3 is 10.2 Å². The second-order valence-corrected chi connectivity index (χ2v) is 5.93. The van der Waals surface area contributed by atoms with Crippen LogP contribution in [0, 0.1) is 5.92 Å². The highest BCUT2D eigenvalue weighted by molar-refractivity contribution is 5.48. The van der Waals surface area contributed by atoms with Crippen LogP contribution in [0.15, 0.2) is 6.33 Å². The number of nitrogens with zero attached hydrogens (tertiary/aromatic N) is 3. The largest absolute Gasteiger partial charge is 0.359 e. The highest BCUT2D eigenvalue weighted by Crippen LogP contribution is 2.27. The van der Waals surface area contributed by atoms with Crippen molar-refractivity contribution in [2.45, 2.75) is 45.1 Å². The van der Waals surface area contributed by atoms with Crippen molar-refractivity contribution in [1.29, 1.82) is 0 Å². The molecule has 0 saturated heterocycles. The number of hydrogen-bond donors (Lipinski definition) is 1. The Kier molecular flexibility index (Phi) is 3.97. The van der Waals surface area contributed by atoms with E-state index >= 15 is 0 Å². The number of hydrogen-bond acceptors (Lipinski definition) is 4. The molecule has 2 heterocycles. The molecule has 104 valence electrons. The molecule has 3 rings (SSSR count). The van der Waals surface area contributed by atoms with Crippen molar-refractivity contribution >= 4 is 5.82 Å². The summed E-state index contributed by atoms with van der Waals surface area (Å²) in [6.07, 6.45) is 9.77. The van der Waals surface area contributed by atoms with E-state index in [2.05, 4.69) is 27.2 Å². The first kappa shape index (κ1) is 12.9. The van der Waals surface area contributed by atoms with Gasteiger partial charge in [-0.05, 0) is 18.8 Å². The van der Waals surface area contributed by atoms with Gasteiger partial charge in [0.05, 0.1) is 5.69 Å². The SMILES string of the molecule is CN(CC1CCCCC1)c1ncnc2c1CNCC2. The second-order valence-electron chi connectivity index (χ2n) is 5.93. The first-order valence-electron chi connectivity index (χ1n) is 7.59. The van der Waals surface area contributed by atoms with Crippen LogP contribution in [0.4, 0.5) is 5.82 Å². The molecule has 1 saturated carbocycles. The molecule has 1 aromatic heterocycles. The normalized spacial score (nSPS) is 20.1. The topological polar surface area (TPSA) is 41.1 Å².